The van der Waals surface area contributed by atoms with Crippen molar-refractivity contribution in [3.63, 3.8) is 0 Å². The quantitative estimate of drug-likeness (QED) is 0.217. The molecule has 0 bridgehead atoms. The summed E-state index contributed by atoms with van der Waals surface area (Å²) < 4.78 is 1.92. The van der Waals surface area contributed by atoms with E-state index in [4.69, 9.17) is 9.97 Å². The Kier molecular flexibility index (Phi) is 5.53. The Balaban J connectivity index is 1.71. The van der Waals surface area contributed by atoms with Crippen molar-refractivity contribution in [1.82, 2.24) is 15.0 Å². The number of benzene rings is 3. The minimum absolute atomic E-state index is 0.00361. The summed E-state index contributed by atoms with van der Waals surface area (Å²) in [5.41, 5.74) is 6.15. The molecule has 1 aliphatic rings. The number of fused-ring (bicyclic) bond motifs is 6. The van der Waals surface area contributed by atoms with Crippen molar-refractivity contribution in [3.05, 3.63) is 134 Å². The largest absolute Gasteiger partial charge is 0.289 e. The highest BCUT2D eigenvalue weighted by atomic mass is 79.9. The van der Waals surface area contributed by atoms with E-state index in [-0.39, 0.29) is 5.78 Å². The van der Waals surface area contributed by atoms with Gasteiger partial charge in [0.1, 0.15) is 0 Å². The number of halogens is 2. The molecular weight excluding hydrogens is 602 g/mol. The normalized spacial score (nSPS) is 12.9. The van der Waals surface area contributed by atoms with E-state index in [0.717, 1.165) is 63.7 Å². The van der Waals surface area contributed by atoms with Crippen molar-refractivity contribution < 1.29 is 4.79 Å². The van der Waals surface area contributed by atoms with Crippen molar-refractivity contribution in [2.45, 2.75) is 0 Å². The minimum Gasteiger partial charge on any atom is -0.289 e. The zero-order valence-electron chi connectivity index (χ0n) is 19.8. The molecule has 0 atom stereocenters. The van der Waals surface area contributed by atoms with Crippen LogP contribution in [0.15, 0.2) is 112 Å². The number of nitrogens with zero attached hydrogens (tertiary/aromatic N) is 3. The van der Waals surface area contributed by atoms with E-state index in [0.29, 0.717) is 11.1 Å². The Hall–Kier alpha value is -4.00. The van der Waals surface area contributed by atoms with Crippen molar-refractivity contribution in [2.75, 3.05) is 0 Å². The number of hydrogen-bond acceptors (Lipinski definition) is 4. The third-order valence-electron chi connectivity index (χ3n) is 6.86. The monoisotopic (exact) mass is 617 g/mol. The van der Waals surface area contributed by atoms with E-state index < -0.39 is 0 Å². The standard InChI is InChI=1S/C32H17Br2N3O/c33-20-10-6-18(7-11-20)26-28-22-4-3-17-36-30(22)31-23(14-15-25(37-31)24-5-1-2-16-35-24)29(28)27(32(26)38)19-8-12-21(34)13-9-19/h1-17H. The summed E-state index contributed by atoms with van der Waals surface area (Å²) >= 11 is 7.06. The summed E-state index contributed by atoms with van der Waals surface area (Å²) in [5, 5.41) is 3.59. The molecule has 0 spiro atoms. The summed E-state index contributed by atoms with van der Waals surface area (Å²) in [6, 6.07) is 29.6. The predicted molar refractivity (Wildman–Crippen MR) is 158 cm³/mol. The van der Waals surface area contributed by atoms with Gasteiger partial charge in [-0.15, -0.1) is 0 Å². The van der Waals surface area contributed by atoms with Crippen LogP contribution in [0.1, 0.15) is 11.1 Å². The highest BCUT2D eigenvalue weighted by Crippen LogP contribution is 2.30. The van der Waals surface area contributed by atoms with Crippen LogP contribution in [-0.4, -0.2) is 20.7 Å². The molecule has 6 heteroatoms. The number of pyridine rings is 3. The average molecular weight is 619 g/mol. The van der Waals surface area contributed by atoms with Gasteiger partial charge in [-0.05, 0) is 65.7 Å². The number of carbonyl (C=O) groups is 1. The van der Waals surface area contributed by atoms with Gasteiger partial charge in [0.25, 0.3) is 0 Å². The Morgan fingerprint density at radius 1 is 0.526 bits per heavy atom. The molecular formula is C32H17Br2N3O. The topological polar surface area (TPSA) is 55.7 Å². The molecule has 0 aliphatic heterocycles. The van der Waals surface area contributed by atoms with Gasteiger partial charge in [0.2, 0.25) is 0 Å². The first-order chi connectivity index (χ1) is 18.6. The maximum Gasteiger partial charge on any atom is 0.195 e. The SMILES string of the molecule is O=C1C(c2ccc(Br)cc2)=c2c(c3ccc(-c4ccccn4)nc3c3ncccc23)=C1c1ccc(Br)cc1. The van der Waals surface area contributed by atoms with E-state index >= 15 is 0 Å². The Morgan fingerprint density at radius 3 is 1.74 bits per heavy atom. The molecule has 0 unspecified atom stereocenters. The van der Waals surface area contributed by atoms with Crippen molar-refractivity contribution in [3.8, 4) is 11.4 Å². The number of Topliss-reactive ketones (excluding diaryl/α,β-unsaturated/α-hetero) is 1. The second-order valence-corrected chi connectivity index (χ2v) is 10.9. The minimum atomic E-state index is -0.00361. The molecule has 1 aliphatic carbocycles. The summed E-state index contributed by atoms with van der Waals surface area (Å²) in [7, 11) is 0. The molecule has 38 heavy (non-hydrogen) atoms. The summed E-state index contributed by atoms with van der Waals surface area (Å²) in [4.78, 5) is 28.7. The van der Waals surface area contributed by atoms with Gasteiger partial charge in [-0.1, -0.05) is 68.3 Å². The number of ketones is 1. The summed E-state index contributed by atoms with van der Waals surface area (Å²) in [6.07, 6.45) is 3.54. The van der Waals surface area contributed by atoms with Crippen molar-refractivity contribution in [1.29, 1.82) is 0 Å². The fraction of sp³-hybridized carbons (Fsp3) is 0. The lowest BCUT2D eigenvalue weighted by Gasteiger charge is -2.08. The fourth-order valence-electron chi connectivity index (χ4n) is 5.22. The second kappa shape index (κ2) is 9.08. The molecule has 4 nitrogen and oxygen atoms in total. The Morgan fingerprint density at radius 2 is 1.13 bits per heavy atom. The third kappa shape index (κ3) is 3.63. The van der Waals surface area contributed by atoms with Crippen LogP contribution in [0.2, 0.25) is 0 Å². The van der Waals surface area contributed by atoms with Gasteiger partial charge in [0.15, 0.2) is 5.78 Å². The number of carbonyl (C=O) groups excluding carboxylic acids is 1. The highest BCUT2D eigenvalue weighted by Gasteiger charge is 2.29. The molecule has 180 valence electrons. The Bertz CT molecular complexity index is 2040. The molecule has 0 fully saturated rings. The number of hydrogen-bond donors (Lipinski definition) is 0. The van der Waals surface area contributed by atoms with Gasteiger partial charge in [0, 0.05) is 53.7 Å². The zero-order chi connectivity index (χ0) is 25.8. The predicted octanol–water partition coefficient (Wildman–Crippen LogP) is 6.35. The first-order valence-corrected chi connectivity index (χ1v) is 13.6. The van der Waals surface area contributed by atoms with Gasteiger partial charge >= 0.3 is 0 Å². The van der Waals surface area contributed by atoms with Crippen molar-refractivity contribution >= 4 is 70.6 Å². The first kappa shape index (κ1) is 23.1. The maximum absolute atomic E-state index is 14.4. The molecule has 0 saturated heterocycles. The lowest BCUT2D eigenvalue weighted by atomic mass is 9.96. The van der Waals surface area contributed by atoms with Gasteiger partial charge in [0.05, 0.1) is 22.4 Å². The first-order valence-electron chi connectivity index (χ1n) is 12.0. The maximum atomic E-state index is 14.4. The van der Waals surface area contributed by atoms with Crippen LogP contribution in [0.25, 0.3) is 44.3 Å². The summed E-state index contributed by atoms with van der Waals surface area (Å²) in [6.45, 7) is 0. The Labute approximate surface area is 234 Å². The smallest absolute Gasteiger partial charge is 0.195 e. The van der Waals surface area contributed by atoms with E-state index in [1.54, 1.807) is 12.4 Å². The zero-order valence-corrected chi connectivity index (χ0v) is 23.0. The fourth-order valence-corrected chi connectivity index (χ4v) is 5.75. The molecule has 0 saturated carbocycles. The number of aromatic nitrogens is 3. The lowest BCUT2D eigenvalue weighted by Crippen LogP contribution is -2.27. The lowest BCUT2D eigenvalue weighted by molar-refractivity contribution is -0.108. The summed E-state index contributed by atoms with van der Waals surface area (Å²) in [5.74, 6) is -0.00361. The van der Waals surface area contributed by atoms with E-state index in [1.165, 1.54) is 0 Å². The van der Waals surface area contributed by atoms with Crippen molar-refractivity contribution in [2.24, 2.45) is 0 Å². The number of rotatable bonds is 3. The van der Waals surface area contributed by atoms with Crippen LogP contribution in [0, 0.1) is 0 Å². The molecule has 3 aromatic carbocycles. The van der Waals surface area contributed by atoms with Gasteiger partial charge < -0.3 is 0 Å². The van der Waals surface area contributed by atoms with E-state index in [1.807, 2.05) is 84.9 Å². The van der Waals surface area contributed by atoms with Crippen LogP contribution < -0.4 is 10.4 Å². The third-order valence-corrected chi connectivity index (χ3v) is 7.92. The molecule has 0 N–H and O–H groups in total. The molecule has 3 heterocycles. The average Bonchev–Trinajstić information content (AvgIpc) is 3.27. The van der Waals surface area contributed by atoms with Crippen LogP contribution in [0.5, 0.6) is 0 Å². The molecule has 3 aromatic heterocycles. The van der Waals surface area contributed by atoms with Crippen LogP contribution >= 0.6 is 31.9 Å². The van der Waals surface area contributed by atoms with E-state index in [2.05, 4.69) is 42.9 Å². The molecule has 6 aromatic rings. The van der Waals surface area contributed by atoms with Gasteiger partial charge in [-0.3, -0.25) is 14.8 Å². The molecule has 0 radical (unpaired) electrons. The van der Waals surface area contributed by atoms with Gasteiger partial charge in [-0.25, -0.2) is 4.98 Å². The molecule has 7 rings (SSSR count). The van der Waals surface area contributed by atoms with Crippen LogP contribution in [-0.2, 0) is 4.79 Å². The van der Waals surface area contributed by atoms with E-state index in [9.17, 15) is 4.79 Å². The second-order valence-electron chi connectivity index (χ2n) is 9.05. The van der Waals surface area contributed by atoms with Gasteiger partial charge in [-0.2, -0.15) is 0 Å². The molecule has 0 amide bonds. The van der Waals surface area contributed by atoms with Crippen LogP contribution in [0.3, 0.4) is 0 Å². The highest BCUT2D eigenvalue weighted by molar-refractivity contribution is 9.10. The van der Waals surface area contributed by atoms with Crippen LogP contribution in [0.4, 0.5) is 0 Å².